The molecule has 0 rings (SSSR count). The van der Waals surface area contributed by atoms with E-state index in [1.165, 1.54) is 6.92 Å². The molecule has 1 amide bonds. The SMILES string of the molecule is CC(C)NC(C)(COCCC(F)(F)F)C(N)=O. The minimum atomic E-state index is -4.26. The van der Waals surface area contributed by atoms with Crippen molar-refractivity contribution < 1.29 is 22.7 Å². The monoisotopic (exact) mass is 256 g/mol. The summed E-state index contributed by atoms with van der Waals surface area (Å²) in [7, 11) is 0. The van der Waals surface area contributed by atoms with Gasteiger partial charge in [0.25, 0.3) is 0 Å². The van der Waals surface area contributed by atoms with Crippen molar-refractivity contribution in [2.24, 2.45) is 5.73 Å². The zero-order valence-electron chi connectivity index (χ0n) is 10.2. The third-order valence-electron chi connectivity index (χ3n) is 2.07. The first-order valence-corrected chi connectivity index (χ1v) is 5.29. The molecule has 0 aliphatic carbocycles. The molecular weight excluding hydrogens is 237 g/mol. The van der Waals surface area contributed by atoms with E-state index in [1.54, 1.807) is 13.8 Å². The van der Waals surface area contributed by atoms with Crippen LogP contribution in [0.3, 0.4) is 0 Å². The lowest BCUT2D eigenvalue weighted by Gasteiger charge is -2.29. The number of hydrogen-bond acceptors (Lipinski definition) is 3. The smallest absolute Gasteiger partial charge is 0.379 e. The Morgan fingerprint density at radius 3 is 2.29 bits per heavy atom. The molecule has 0 fully saturated rings. The van der Waals surface area contributed by atoms with Crippen molar-refractivity contribution in [2.45, 2.75) is 44.9 Å². The van der Waals surface area contributed by atoms with Crippen LogP contribution in [0.25, 0.3) is 0 Å². The van der Waals surface area contributed by atoms with Crippen LogP contribution in [-0.4, -0.2) is 36.9 Å². The first kappa shape index (κ1) is 16.2. The molecule has 0 heterocycles. The van der Waals surface area contributed by atoms with E-state index in [1.807, 2.05) is 0 Å². The molecule has 3 N–H and O–H groups in total. The number of nitrogens with two attached hydrogens (primary N) is 1. The van der Waals surface area contributed by atoms with Gasteiger partial charge in [-0.1, -0.05) is 0 Å². The number of carbonyl (C=O) groups excluding carboxylic acids is 1. The average molecular weight is 256 g/mol. The van der Waals surface area contributed by atoms with E-state index in [0.29, 0.717) is 0 Å². The van der Waals surface area contributed by atoms with Gasteiger partial charge in [-0.25, -0.2) is 0 Å². The lowest BCUT2D eigenvalue weighted by atomic mass is 10.0. The Hall–Kier alpha value is -0.820. The number of amides is 1. The molecule has 0 spiro atoms. The van der Waals surface area contributed by atoms with E-state index in [4.69, 9.17) is 10.5 Å². The van der Waals surface area contributed by atoms with Gasteiger partial charge in [-0.05, 0) is 20.8 Å². The molecule has 0 aromatic heterocycles. The fourth-order valence-electron chi connectivity index (χ4n) is 1.29. The van der Waals surface area contributed by atoms with Crippen molar-refractivity contribution >= 4 is 5.91 Å². The van der Waals surface area contributed by atoms with E-state index < -0.39 is 30.7 Å². The van der Waals surface area contributed by atoms with Crippen LogP contribution in [0, 0.1) is 0 Å². The van der Waals surface area contributed by atoms with Gasteiger partial charge in [0.2, 0.25) is 5.91 Å². The van der Waals surface area contributed by atoms with Crippen molar-refractivity contribution in [1.82, 2.24) is 5.32 Å². The first-order valence-electron chi connectivity index (χ1n) is 5.29. The van der Waals surface area contributed by atoms with E-state index in [2.05, 4.69) is 5.32 Å². The van der Waals surface area contributed by atoms with Crippen LogP contribution in [0.15, 0.2) is 0 Å². The Bertz CT molecular complexity index is 256. The molecule has 102 valence electrons. The van der Waals surface area contributed by atoms with Crippen molar-refractivity contribution in [3.8, 4) is 0 Å². The van der Waals surface area contributed by atoms with Gasteiger partial charge in [0.05, 0.1) is 19.6 Å². The van der Waals surface area contributed by atoms with E-state index in [9.17, 15) is 18.0 Å². The largest absolute Gasteiger partial charge is 0.391 e. The lowest BCUT2D eigenvalue weighted by Crippen LogP contribution is -2.58. The van der Waals surface area contributed by atoms with Gasteiger partial charge in [0, 0.05) is 6.04 Å². The molecule has 0 aromatic rings. The van der Waals surface area contributed by atoms with Gasteiger partial charge < -0.3 is 10.5 Å². The molecule has 0 aliphatic rings. The summed E-state index contributed by atoms with van der Waals surface area (Å²) in [6.07, 6.45) is -5.29. The molecule has 0 aliphatic heterocycles. The number of alkyl halides is 3. The molecule has 0 aromatic carbocycles. The summed E-state index contributed by atoms with van der Waals surface area (Å²) in [6, 6.07) is -0.0290. The normalized spacial score (nSPS) is 15.9. The maximum Gasteiger partial charge on any atom is 0.391 e. The number of nitrogens with one attached hydrogen (secondary N) is 1. The fourth-order valence-corrected chi connectivity index (χ4v) is 1.29. The maximum atomic E-state index is 11.9. The van der Waals surface area contributed by atoms with Gasteiger partial charge in [-0.2, -0.15) is 13.2 Å². The van der Waals surface area contributed by atoms with Crippen molar-refractivity contribution in [1.29, 1.82) is 0 Å². The Kier molecular flexibility index (Phi) is 5.91. The summed E-state index contributed by atoms with van der Waals surface area (Å²) in [6.45, 7) is 4.44. The summed E-state index contributed by atoms with van der Waals surface area (Å²) >= 11 is 0. The number of hydrogen-bond donors (Lipinski definition) is 2. The van der Waals surface area contributed by atoms with Crippen molar-refractivity contribution in [3.63, 3.8) is 0 Å². The number of ether oxygens (including phenoxy) is 1. The van der Waals surface area contributed by atoms with Crippen LogP contribution >= 0.6 is 0 Å². The predicted octanol–water partition coefficient (Wildman–Crippen LogP) is 1.20. The van der Waals surface area contributed by atoms with Crippen LogP contribution < -0.4 is 11.1 Å². The van der Waals surface area contributed by atoms with E-state index in [-0.39, 0.29) is 12.6 Å². The van der Waals surface area contributed by atoms with Crippen LogP contribution in [0.4, 0.5) is 13.2 Å². The second-order valence-corrected chi connectivity index (χ2v) is 4.41. The molecule has 0 radical (unpaired) electrons. The summed E-state index contributed by atoms with van der Waals surface area (Å²) in [5.74, 6) is -0.654. The molecule has 0 saturated carbocycles. The number of rotatable bonds is 7. The Labute approximate surface area is 98.7 Å². The standard InChI is InChI=1S/C10H19F3N2O2/c1-7(2)15-9(3,8(14)16)6-17-5-4-10(11,12)13/h7,15H,4-6H2,1-3H3,(H2,14,16). The molecule has 4 nitrogen and oxygen atoms in total. The highest BCUT2D eigenvalue weighted by atomic mass is 19.4. The zero-order chi connectivity index (χ0) is 13.7. The quantitative estimate of drug-likeness (QED) is 0.673. The molecule has 1 unspecified atom stereocenters. The van der Waals surface area contributed by atoms with Gasteiger partial charge in [-0.15, -0.1) is 0 Å². The molecule has 1 atom stereocenters. The minimum absolute atomic E-state index is 0.0290. The number of primary amides is 1. The Morgan fingerprint density at radius 1 is 1.41 bits per heavy atom. The lowest BCUT2D eigenvalue weighted by molar-refractivity contribution is -0.147. The second-order valence-electron chi connectivity index (χ2n) is 4.41. The van der Waals surface area contributed by atoms with Crippen LogP contribution in [0.5, 0.6) is 0 Å². The molecule has 7 heteroatoms. The van der Waals surface area contributed by atoms with Gasteiger partial charge >= 0.3 is 6.18 Å². The number of halogens is 3. The highest BCUT2D eigenvalue weighted by Crippen LogP contribution is 2.19. The van der Waals surface area contributed by atoms with Gasteiger partial charge in [-0.3, -0.25) is 10.1 Å². The molecular formula is C10H19F3N2O2. The summed E-state index contributed by atoms with van der Waals surface area (Å²) < 4.78 is 40.4. The van der Waals surface area contributed by atoms with Crippen molar-refractivity contribution in [3.05, 3.63) is 0 Å². The third kappa shape index (κ3) is 7.17. The predicted molar refractivity (Wildman–Crippen MR) is 57.4 cm³/mol. The van der Waals surface area contributed by atoms with Gasteiger partial charge in [0.1, 0.15) is 5.54 Å². The molecule has 0 bridgehead atoms. The van der Waals surface area contributed by atoms with E-state index >= 15 is 0 Å². The molecule has 0 saturated heterocycles. The average Bonchev–Trinajstić information content (AvgIpc) is 2.09. The molecule has 17 heavy (non-hydrogen) atoms. The van der Waals surface area contributed by atoms with Crippen LogP contribution in [0.2, 0.25) is 0 Å². The second kappa shape index (κ2) is 6.20. The summed E-state index contributed by atoms with van der Waals surface area (Å²) in [4.78, 5) is 11.2. The Morgan fingerprint density at radius 2 is 1.94 bits per heavy atom. The Balaban J connectivity index is 4.15. The highest BCUT2D eigenvalue weighted by Gasteiger charge is 2.33. The highest BCUT2D eigenvalue weighted by molar-refractivity contribution is 5.84. The topological polar surface area (TPSA) is 64.3 Å². The summed E-state index contributed by atoms with van der Waals surface area (Å²) in [5, 5.41) is 2.87. The van der Waals surface area contributed by atoms with Gasteiger partial charge in [0.15, 0.2) is 0 Å². The van der Waals surface area contributed by atoms with Crippen molar-refractivity contribution in [2.75, 3.05) is 13.2 Å². The number of carbonyl (C=O) groups is 1. The van der Waals surface area contributed by atoms with Crippen LogP contribution in [0.1, 0.15) is 27.2 Å². The fraction of sp³-hybridized carbons (Fsp3) is 0.900. The summed E-state index contributed by atoms with van der Waals surface area (Å²) in [5.41, 5.74) is 4.03. The van der Waals surface area contributed by atoms with E-state index in [0.717, 1.165) is 0 Å². The minimum Gasteiger partial charge on any atom is -0.379 e. The first-order chi connectivity index (χ1) is 7.57. The maximum absolute atomic E-state index is 11.9. The zero-order valence-corrected chi connectivity index (χ0v) is 10.2. The van der Waals surface area contributed by atoms with Crippen LogP contribution in [-0.2, 0) is 9.53 Å². The third-order valence-corrected chi connectivity index (χ3v) is 2.07.